The van der Waals surface area contributed by atoms with Gasteiger partial charge in [0.15, 0.2) is 0 Å². The minimum atomic E-state index is -0.647. The van der Waals surface area contributed by atoms with Crippen LogP contribution in [0.4, 0.5) is 11.4 Å². The molecule has 0 aromatic heterocycles. The van der Waals surface area contributed by atoms with E-state index in [0.29, 0.717) is 0 Å². The third-order valence-electron chi connectivity index (χ3n) is 3.25. The number of hydrogen-bond donors (Lipinski definition) is 1. The fraction of sp³-hybridized carbons (Fsp3) is 0.0667. The van der Waals surface area contributed by atoms with E-state index in [-0.39, 0.29) is 28.1 Å². The molecule has 0 saturated heterocycles. The van der Waals surface area contributed by atoms with Gasteiger partial charge in [-0.3, -0.25) is 25.0 Å². The summed E-state index contributed by atoms with van der Waals surface area (Å²) in [5, 5.41) is 25.4. The molecule has 0 spiro atoms. The van der Waals surface area contributed by atoms with Crippen molar-refractivity contribution in [1.82, 2.24) is 5.43 Å². The highest BCUT2D eigenvalue weighted by atomic mass is 16.6. The van der Waals surface area contributed by atoms with Crippen molar-refractivity contribution in [3.05, 3.63) is 79.4 Å². The van der Waals surface area contributed by atoms with Crippen LogP contribution in [0.2, 0.25) is 0 Å². The van der Waals surface area contributed by atoms with E-state index < -0.39 is 15.8 Å². The SMILES string of the molecule is Cc1c(C(=O)N/N=C\c2ccccc2[N+](=O)[O-])cccc1[N+](=O)[O-]. The topological polar surface area (TPSA) is 128 Å². The van der Waals surface area contributed by atoms with E-state index in [1.54, 1.807) is 6.07 Å². The molecule has 2 aromatic carbocycles. The minimum Gasteiger partial charge on any atom is -0.267 e. The first-order chi connectivity index (χ1) is 11.4. The quantitative estimate of drug-likeness (QED) is 0.512. The number of carbonyl (C=O) groups is 1. The molecule has 0 heterocycles. The monoisotopic (exact) mass is 328 g/mol. The lowest BCUT2D eigenvalue weighted by Gasteiger charge is -2.04. The van der Waals surface area contributed by atoms with Crippen molar-refractivity contribution in [2.24, 2.45) is 5.10 Å². The Bertz CT molecular complexity index is 848. The Morgan fingerprint density at radius 2 is 1.67 bits per heavy atom. The van der Waals surface area contributed by atoms with Crippen molar-refractivity contribution < 1.29 is 14.6 Å². The second-order valence-corrected chi connectivity index (χ2v) is 4.72. The van der Waals surface area contributed by atoms with E-state index in [0.717, 1.165) is 6.21 Å². The number of nitro benzene ring substituents is 2. The number of para-hydroxylation sites is 1. The molecule has 0 aliphatic carbocycles. The molecule has 1 amide bonds. The molecule has 2 aromatic rings. The van der Waals surface area contributed by atoms with E-state index in [1.165, 1.54) is 43.3 Å². The molecule has 1 N–H and O–H groups in total. The van der Waals surface area contributed by atoms with Gasteiger partial charge in [-0.25, -0.2) is 5.43 Å². The van der Waals surface area contributed by atoms with Gasteiger partial charge < -0.3 is 0 Å². The summed E-state index contributed by atoms with van der Waals surface area (Å²) in [4.78, 5) is 32.7. The summed E-state index contributed by atoms with van der Waals surface area (Å²) in [6, 6.07) is 10.0. The Morgan fingerprint density at radius 1 is 1.04 bits per heavy atom. The summed E-state index contributed by atoms with van der Waals surface area (Å²) in [6.45, 7) is 1.46. The van der Waals surface area contributed by atoms with Crippen LogP contribution in [0.3, 0.4) is 0 Å². The summed E-state index contributed by atoms with van der Waals surface area (Å²) in [7, 11) is 0. The maximum atomic E-state index is 12.1. The second-order valence-electron chi connectivity index (χ2n) is 4.72. The lowest BCUT2D eigenvalue weighted by molar-refractivity contribution is -0.385. The molecule has 0 aliphatic heterocycles. The summed E-state index contributed by atoms with van der Waals surface area (Å²) < 4.78 is 0. The number of nitro groups is 2. The first kappa shape index (κ1) is 16.7. The first-order valence-corrected chi connectivity index (χ1v) is 6.72. The van der Waals surface area contributed by atoms with E-state index >= 15 is 0 Å². The van der Waals surface area contributed by atoms with Gasteiger partial charge in [-0.15, -0.1) is 0 Å². The molecule has 0 radical (unpaired) electrons. The smallest absolute Gasteiger partial charge is 0.267 e. The molecule has 0 bridgehead atoms. The molecule has 9 nitrogen and oxygen atoms in total. The third kappa shape index (κ3) is 3.58. The maximum absolute atomic E-state index is 12.1. The predicted octanol–water partition coefficient (Wildman–Crippen LogP) is 2.58. The zero-order valence-electron chi connectivity index (χ0n) is 12.5. The number of benzene rings is 2. The van der Waals surface area contributed by atoms with Crippen molar-refractivity contribution in [1.29, 1.82) is 0 Å². The van der Waals surface area contributed by atoms with Gasteiger partial charge in [0, 0.05) is 17.7 Å². The fourth-order valence-electron chi connectivity index (χ4n) is 2.05. The van der Waals surface area contributed by atoms with Gasteiger partial charge in [-0.1, -0.05) is 18.2 Å². The predicted molar refractivity (Wildman–Crippen MR) is 86.0 cm³/mol. The van der Waals surface area contributed by atoms with Crippen molar-refractivity contribution in [3.8, 4) is 0 Å². The van der Waals surface area contributed by atoms with E-state index in [1.807, 2.05) is 0 Å². The molecule has 0 saturated carbocycles. The lowest BCUT2D eigenvalue weighted by atomic mass is 10.1. The Hall–Kier alpha value is -3.62. The van der Waals surface area contributed by atoms with Gasteiger partial charge in [0.25, 0.3) is 17.3 Å². The van der Waals surface area contributed by atoms with Crippen LogP contribution >= 0.6 is 0 Å². The van der Waals surface area contributed by atoms with E-state index in [4.69, 9.17) is 0 Å². The molecule has 2 rings (SSSR count). The molecule has 9 heteroatoms. The fourth-order valence-corrected chi connectivity index (χ4v) is 2.05. The van der Waals surface area contributed by atoms with Crippen molar-refractivity contribution in [2.45, 2.75) is 6.92 Å². The van der Waals surface area contributed by atoms with Crippen LogP contribution in [0.5, 0.6) is 0 Å². The number of hydrogen-bond acceptors (Lipinski definition) is 6. The number of amides is 1. The van der Waals surface area contributed by atoms with Gasteiger partial charge in [-0.05, 0) is 19.1 Å². The largest absolute Gasteiger partial charge is 0.278 e. The molecule has 0 atom stereocenters. The van der Waals surface area contributed by atoms with Crippen LogP contribution in [0, 0.1) is 27.2 Å². The van der Waals surface area contributed by atoms with Crippen LogP contribution in [0.25, 0.3) is 0 Å². The van der Waals surface area contributed by atoms with Crippen LogP contribution < -0.4 is 5.43 Å². The normalized spacial score (nSPS) is 10.5. The number of carbonyl (C=O) groups excluding carboxylic acids is 1. The molecular formula is C15H12N4O5. The molecule has 0 aliphatic rings. The summed E-state index contributed by atoms with van der Waals surface area (Å²) >= 11 is 0. The van der Waals surface area contributed by atoms with Gasteiger partial charge in [0.1, 0.15) is 0 Å². The third-order valence-corrected chi connectivity index (χ3v) is 3.25. The zero-order chi connectivity index (χ0) is 17.7. The Morgan fingerprint density at radius 3 is 2.33 bits per heavy atom. The molecule has 122 valence electrons. The number of hydrazone groups is 1. The van der Waals surface area contributed by atoms with Crippen molar-refractivity contribution in [2.75, 3.05) is 0 Å². The molecule has 0 fully saturated rings. The second kappa shape index (κ2) is 7.09. The standard InChI is InChI=1S/C15H12N4O5/c1-10-12(6-4-8-13(10)18(21)22)15(20)17-16-9-11-5-2-3-7-14(11)19(23)24/h2-9H,1H3,(H,17,20)/b16-9-. The lowest BCUT2D eigenvalue weighted by Crippen LogP contribution is -2.19. The maximum Gasteiger partial charge on any atom is 0.278 e. The highest BCUT2D eigenvalue weighted by Gasteiger charge is 2.17. The summed E-state index contributed by atoms with van der Waals surface area (Å²) in [5.74, 6) is -0.647. The van der Waals surface area contributed by atoms with E-state index in [2.05, 4.69) is 10.5 Å². The first-order valence-electron chi connectivity index (χ1n) is 6.72. The number of nitrogens with one attached hydrogen (secondary N) is 1. The average Bonchev–Trinajstić information content (AvgIpc) is 2.54. The Labute approximate surface area is 135 Å². The minimum absolute atomic E-state index is 0.101. The van der Waals surface area contributed by atoms with Gasteiger partial charge in [0.05, 0.1) is 27.2 Å². The van der Waals surface area contributed by atoms with Crippen LogP contribution in [-0.2, 0) is 0 Å². The molecular weight excluding hydrogens is 316 g/mol. The highest BCUT2D eigenvalue weighted by Crippen LogP contribution is 2.21. The average molecular weight is 328 g/mol. The van der Waals surface area contributed by atoms with E-state index in [9.17, 15) is 25.0 Å². The summed E-state index contributed by atoms with van der Waals surface area (Å²) in [5.41, 5.74) is 2.41. The van der Waals surface area contributed by atoms with Crippen LogP contribution in [0.1, 0.15) is 21.5 Å². The van der Waals surface area contributed by atoms with Gasteiger partial charge in [-0.2, -0.15) is 5.10 Å². The van der Waals surface area contributed by atoms with Gasteiger partial charge in [0.2, 0.25) is 0 Å². The van der Waals surface area contributed by atoms with Gasteiger partial charge >= 0.3 is 0 Å². The van der Waals surface area contributed by atoms with Crippen molar-refractivity contribution in [3.63, 3.8) is 0 Å². The molecule has 0 unspecified atom stereocenters. The summed E-state index contributed by atoms with van der Waals surface area (Å²) in [6.07, 6.45) is 1.14. The Balaban J connectivity index is 2.19. The number of rotatable bonds is 5. The Kier molecular flexibility index (Phi) is 4.95. The van der Waals surface area contributed by atoms with Crippen LogP contribution in [-0.4, -0.2) is 22.0 Å². The zero-order valence-corrected chi connectivity index (χ0v) is 12.5. The van der Waals surface area contributed by atoms with Crippen LogP contribution in [0.15, 0.2) is 47.6 Å². The van der Waals surface area contributed by atoms with Crippen molar-refractivity contribution >= 4 is 23.5 Å². The highest BCUT2D eigenvalue weighted by molar-refractivity contribution is 5.97. The molecule has 24 heavy (non-hydrogen) atoms. The number of nitrogens with zero attached hydrogens (tertiary/aromatic N) is 3.